The summed E-state index contributed by atoms with van der Waals surface area (Å²) in [4.78, 5) is 11.4. The molecule has 1 aromatic carbocycles. The lowest BCUT2D eigenvalue weighted by Crippen LogP contribution is -2.56. The van der Waals surface area contributed by atoms with Gasteiger partial charge in [-0.15, -0.1) is 0 Å². The molecule has 0 spiro atoms. The molecule has 3 aliphatic rings. The average molecular weight is 366 g/mol. The Balaban J connectivity index is 1.53. The smallest absolute Gasteiger partial charge is 0.335 e. The normalized spacial score (nSPS) is 37.3. The molecule has 4 nitrogen and oxygen atoms in total. The zero-order chi connectivity index (χ0) is 18.8. The predicted molar refractivity (Wildman–Crippen MR) is 102 cm³/mol. The third-order valence-corrected chi connectivity index (χ3v) is 8.02. The SMILES string of the molecule is C[C@]12CC[C@@H]3c4ccc(O)cc4CC[C@H]3[C@@]1(O)CC[C@@H]2c1ccc(=O)oc1. The number of aliphatic hydroxyl groups is 1. The topological polar surface area (TPSA) is 70.7 Å². The Labute approximate surface area is 158 Å². The highest BCUT2D eigenvalue weighted by molar-refractivity contribution is 5.41. The summed E-state index contributed by atoms with van der Waals surface area (Å²) < 4.78 is 5.13. The second kappa shape index (κ2) is 5.71. The lowest BCUT2D eigenvalue weighted by Gasteiger charge is -2.56. The Morgan fingerprint density at radius 1 is 1.11 bits per heavy atom. The van der Waals surface area contributed by atoms with Crippen molar-refractivity contribution >= 4 is 0 Å². The van der Waals surface area contributed by atoms with Gasteiger partial charge in [-0.2, -0.15) is 0 Å². The number of hydrogen-bond acceptors (Lipinski definition) is 4. The van der Waals surface area contributed by atoms with E-state index in [1.807, 2.05) is 12.1 Å². The van der Waals surface area contributed by atoms with E-state index in [0.29, 0.717) is 11.7 Å². The van der Waals surface area contributed by atoms with Crippen LogP contribution in [0.5, 0.6) is 5.75 Å². The average Bonchev–Trinajstić information content (AvgIpc) is 2.94. The van der Waals surface area contributed by atoms with Gasteiger partial charge < -0.3 is 14.6 Å². The van der Waals surface area contributed by atoms with Crippen LogP contribution < -0.4 is 5.63 Å². The van der Waals surface area contributed by atoms with E-state index >= 15 is 0 Å². The van der Waals surface area contributed by atoms with Crippen LogP contribution in [0.25, 0.3) is 0 Å². The van der Waals surface area contributed by atoms with Crippen molar-refractivity contribution in [3.63, 3.8) is 0 Å². The van der Waals surface area contributed by atoms with E-state index in [-0.39, 0.29) is 22.9 Å². The van der Waals surface area contributed by atoms with Gasteiger partial charge in [-0.05, 0) is 91.2 Å². The number of phenolic OH excluding ortho intramolecular Hbond substituents is 1. The highest BCUT2D eigenvalue weighted by Gasteiger charge is 2.64. The number of rotatable bonds is 1. The molecule has 0 saturated heterocycles. The van der Waals surface area contributed by atoms with Crippen LogP contribution in [0.15, 0.2) is 45.8 Å². The zero-order valence-corrected chi connectivity index (χ0v) is 15.6. The summed E-state index contributed by atoms with van der Waals surface area (Å²) in [6.07, 6.45) is 7.19. The number of fused-ring (bicyclic) bond motifs is 5. The molecule has 2 fully saturated rings. The van der Waals surface area contributed by atoms with Gasteiger partial charge in [0.15, 0.2) is 0 Å². The van der Waals surface area contributed by atoms with Crippen LogP contribution in [0.2, 0.25) is 0 Å². The Bertz CT molecular complexity index is 927. The Hall–Kier alpha value is -2.07. The molecule has 0 unspecified atom stereocenters. The Kier molecular flexibility index (Phi) is 3.61. The van der Waals surface area contributed by atoms with Crippen molar-refractivity contribution in [2.24, 2.45) is 11.3 Å². The lowest BCUT2D eigenvalue weighted by molar-refractivity contribution is -0.142. The van der Waals surface area contributed by atoms with Crippen molar-refractivity contribution in [3.05, 3.63) is 63.7 Å². The predicted octanol–water partition coefficient (Wildman–Crippen LogP) is 4.10. The maximum Gasteiger partial charge on any atom is 0.335 e. The molecule has 0 amide bonds. The molecule has 1 heterocycles. The first-order valence-electron chi connectivity index (χ1n) is 10.1. The van der Waals surface area contributed by atoms with Gasteiger partial charge in [0.05, 0.1) is 11.9 Å². The number of benzene rings is 1. The summed E-state index contributed by atoms with van der Waals surface area (Å²) >= 11 is 0. The van der Waals surface area contributed by atoms with E-state index in [2.05, 4.69) is 13.0 Å². The molecule has 27 heavy (non-hydrogen) atoms. The molecule has 142 valence electrons. The summed E-state index contributed by atoms with van der Waals surface area (Å²) in [6.45, 7) is 2.23. The van der Waals surface area contributed by atoms with Crippen LogP contribution >= 0.6 is 0 Å². The van der Waals surface area contributed by atoms with Gasteiger partial charge in [-0.3, -0.25) is 0 Å². The summed E-state index contributed by atoms with van der Waals surface area (Å²) in [7, 11) is 0. The number of aryl methyl sites for hydroxylation is 1. The first-order chi connectivity index (χ1) is 12.9. The first-order valence-corrected chi connectivity index (χ1v) is 10.1. The Morgan fingerprint density at radius 2 is 1.96 bits per heavy atom. The molecule has 2 aromatic rings. The van der Waals surface area contributed by atoms with Gasteiger partial charge in [0.2, 0.25) is 0 Å². The van der Waals surface area contributed by atoms with E-state index in [1.165, 1.54) is 17.2 Å². The van der Waals surface area contributed by atoms with Crippen LogP contribution in [-0.4, -0.2) is 15.8 Å². The maximum atomic E-state index is 12.0. The number of phenols is 1. The molecule has 2 saturated carbocycles. The summed E-state index contributed by atoms with van der Waals surface area (Å²) in [5.41, 5.74) is 2.35. The van der Waals surface area contributed by atoms with E-state index in [4.69, 9.17) is 4.42 Å². The first kappa shape index (κ1) is 17.1. The van der Waals surface area contributed by atoms with Gasteiger partial charge >= 0.3 is 5.63 Å². The van der Waals surface area contributed by atoms with E-state index in [9.17, 15) is 15.0 Å². The van der Waals surface area contributed by atoms with Crippen LogP contribution in [0.1, 0.15) is 67.6 Å². The molecule has 0 aliphatic heterocycles. The second-order valence-electron chi connectivity index (χ2n) is 8.99. The van der Waals surface area contributed by atoms with Crippen molar-refractivity contribution < 1.29 is 14.6 Å². The molecule has 5 atom stereocenters. The maximum absolute atomic E-state index is 12.0. The molecular formula is C23H26O4. The third kappa shape index (κ3) is 2.29. The van der Waals surface area contributed by atoms with Crippen molar-refractivity contribution in [1.29, 1.82) is 0 Å². The van der Waals surface area contributed by atoms with Crippen LogP contribution in [0.3, 0.4) is 0 Å². The standard InChI is InChI=1S/C23H26O4/c1-22-10-8-18-17-5-4-16(24)12-14(17)2-6-20(18)23(22,26)11-9-19(22)15-3-7-21(25)27-13-15/h3-5,7,12-13,18-20,24,26H,2,6,8-11H2,1H3/t18-,19-,20-,22-,23+/m1/s1. The summed E-state index contributed by atoms with van der Waals surface area (Å²) in [5.74, 6) is 1.15. The summed E-state index contributed by atoms with van der Waals surface area (Å²) in [6, 6.07) is 9.10. The highest BCUT2D eigenvalue weighted by atomic mass is 16.4. The van der Waals surface area contributed by atoms with Gasteiger partial charge in [-0.25, -0.2) is 4.79 Å². The van der Waals surface area contributed by atoms with E-state index in [0.717, 1.165) is 44.1 Å². The van der Waals surface area contributed by atoms with Gasteiger partial charge in [0, 0.05) is 11.5 Å². The quantitative estimate of drug-likeness (QED) is 0.797. The zero-order valence-electron chi connectivity index (χ0n) is 15.6. The third-order valence-electron chi connectivity index (χ3n) is 8.02. The van der Waals surface area contributed by atoms with E-state index in [1.54, 1.807) is 12.3 Å². The molecule has 0 radical (unpaired) electrons. The lowest BCUT2D eigenvalue weighted by atomic mass is 9.51. The molecule has 2 N–H and O–H groups in total. The van der Waals surface area contributed by atoms with Gasteiger partial charge in [-0.1, -0.05) is 13.0 Å². The van der Waals surface area contributed by atoms with Crippen molar-refractivity contribution in [2.75, 3.05) is 0 Å². The van der Waals surface area contributed by atoms with Crippen LogP contribution in [0.4, 0.5) is 0 Å². The summed E-state index contributed by atoms with van der Waals surface area (Å²) in [5, 5.41) is 21.8. The molecule has 5 rings (SSSR count). The molecule has 3 aliphatic carbocycles. The fraction of sp³-hybridized carbons (Fsp3) is 0.522. The molecule has 0 bridgehead atoms. The monoisotopic (exact) mass is 366 g/mol. The number of hydrogen-bond donors (Lipinski definition) is 2. The van der Waals surface area contributed by atoms with Gasteiger partial charge in [0.25, 0.3) is 0 Å². The minimum Gasteiger partial charge on any atom is -0.508 e. The molecular weight excluding hydrogens is 340 g/mol. The minimum atomic E-state index is -0.702. The van der Waals surface area contributed by atoms with Crippen molar-refractivity contribution in [3.8, 4) is 5.75 Å². The van der Waals surface area contributed by atoms with E-state index < -0.39 is 5.60 Å². The van der Waals surface area contributed by atoms with Crippen LogP contribution in [-0.2, 0) is 6.42 Å². The molecule has 1 aromatic heterocycles. The highest BCUT2D eigenvalue weighted by Crippen LogP contribution is 2.67. The van der Waals surface area contributed by atoms with Gasteiger partial charge in [0.1, 0.15) is 5.75 Å². The second-order valence-corrected chi connectivity index (χ2v) is 8.99. The van der Waals surface area contributed by atoms with Crippen molar-refractivity contribution in [2.45, 2.75) is 62.9 Å². The minimum absolute atomic E-state index is 0.206. The molecule has 4 heteroatoms. The van der Waals surface area contributed by atoms with Crippen molar-refractivity contribution in [1.82, 2.24) is 0 Å². The number of aromatic hydroxyl groups is 1. The van der Waals surface area contributed by atoms with Crippen LogP contribution in [0, 0.1) is 11.3 Å². The Morgan fingerprint density at radius 3 is 2.74 bits per heavy atom. The fourth-order valence-electron chi connectivity index (χ4n) is 6.65. The fourth-order valence-corrected chi connectivity index (χ4v) is 6.65. The largest absolute Gasteiger partial charge is 0.508 e.